The summed E-state index contributed by atoms with van der Waals surface area (Å²) in [6.07, 6.45) is 1.33. The number of guanidine groups is 1. The number of ether oxygens (including phenoxy) is 1. The van der Waals surface area contributed by atoms with Crippen LogP contribution in [0.5, 0.6) is 0 Å². The summed E-state index contributed by atoms with van der Waals surface area (Å²) in [5.41, 5.74) is 0.263. The number of piperidine rings is 1. The summed E-state index contributed by atoms with van der Waals surface area (Å²) < 4.78 is 32.2. The third kappa shape index (κ3) is 9.13. The largest absolute Gasteiger partial charge is 0.450 e. The Hall–Kier alpha value is -2.18. The van der Waals surface area contributed by atoms with Crippen LogP contribution in [0.3, 0.4) is 0 Å². The zero-order chi connectivity index (χ0) is 22.8. The second-order valence-electron chi connectivity index (χ2n) is 7.47. The summed E-state index contributed by atoms with van der Waals surface area (Å²) in [4.78, 5) is 31.2. The van der Waals surface area contributed by atoms with E-state index in [1.165, 1.54) is 11.0 Å². The van der Waals surface area contributed by atoms with E-state index in [9.17, 15) is 18.4 Å². The van der Waals surface area contributed by atoms with Crippen molar-refractivity contribution in [2.24, 2.45) is 4.99 Å². The van der Waals surface area contributed by atoms with Gasteiger partial charge in [-0.25, -0.2) is 18.6 Å². The zero-order valence-electron chi connectivity index (χ0n) is 18.7. The van der Waals surface area contributed by atoms with Crippen molar-refractivity contribution in [3.8, 4) is 0 Å². The molecule has 1 heterocycles. The SMILES string of the molecule is CCOC(=O)N1CCC(NC(=NCC(=O)N(C)C)NCCc2cc(F)ccc2F)CC1.I. The quantitative estimate of drug-likeness (QED) is 0.301. The van der Waals surface area contributed by atoms with E-state index in [0.29, 0.717) is 45.0 Å². The Kier molecular flexibility index (Phi) is 12.2. The van der Waals surface area contributed by atoms with Crippen molar-refractivity contribution in [2.45, 2.75) is 32.2 Å². The maximum atomic E-state index is 13.8. The van der Waals surface area contributed by atoms with Gasteiger partial charge in [0.25, 0.3) is 0 Å². The predicted octanol–water partition coefficient (Wildman–Crippen LogP) is 2.37. The Labute approximate surface area is 204 Å². The van der Waals surface area contributed by atoms with Gasteiger partial charge in [-0.15, -0.1) is 24.0 Å². The molecule has 1 aromatic rings. The van der Waals surface area contributed by atoms with Gasteiger partial charge in [0.2, 0.25) is 5.91 Å². The number of likely N-dealkylation sites (tertiary alicyclic amines) is 1. The van der Waals surface area contributed by atoms with Gasteiger partial charge in [0, 0.05) is 39.8 Å². The normalized spacial score (nSPS) is 14.4. The Bertz CT molecular complexity index is 787. The molecule has 0 unspecified atom stereocenters. The molecule has 1 fully saturated rings. The Morgan fingerprint density at radius 2 is 1.94 bits per heavy atom. The van der Waals surface area contributed by atoms with Crippen LogP contribution in [0.1, 0.15) is 25.3 Å². The molecule has 0 atom stereocenters. The van der Waals surface area contributed by atoms with Gasteiger partial charge in [-0.3, -0.25) is 4.79 Å². The summed E-state index contributed by atoms with van der Waals surface area (Å²) in [5.74, 6) is -0.701. The molecule has 2 amide bonds. The Balaban J connectivity index is 0.00000512. The minimum absolute atomic E-state index is 0. The average molecular weight is 567 g/mol. The lowest BCUT2D eigenvalue weighted by atomic mass is 10.1. The van der Waals surface area contributed by atoms with Crippen LogP contribution in [0.2, 0.25) is 0 Å². The van der Waals surface area contributed by atoms with E-state index in [4.69, 9.17) is 4.74 Å². The number of likely N-dealkylation sites (N-methyl/N-ethyl adjacent to an activating group) is 1. The molecule has 1 saturated heterocycles. The van der Waals surface area contributed by atoms with Crippen molar-refractivity contribution in [3.05, 3.63) is 35.4 Å². The van der Waals surface area contributed by atoms with Crippen molar-refractivity contribution in [2.75, 3.05) is 46.9 Å². The molecule has 2 N–H and O–H groups in total. The van der Waals surface area contributed by atoms with Crippen LogP contribution >= 0.6 is 24.0 Å². The van der Waals surface area contributed by atoms with Gasteiger partial charge < -0.3 is 25.2 Å². The van der Waals surface area contributed by atoms with Crippen molar-refractivity contribution in [3.63, 3.8) is 0 Å². The number of amides is 2. The van der Waals surface area contributed by atoms with Gasteiger partial charge >= 0.3 is 6.09 Å². The van der Waals surface area contributed by atoms with Crippen molar-refractivity contribution >= 4 is 41.9 Å². The topological polar surface area (TPSA) is 86.3 Å². The highest BCUT2D eigenvalue weighted by atomic mass is 127. The van der Waals surface area contributed by atoms with E-state index in [2.05, 4.69) is 15.6 Å². The van der Waals surface area contributed by atoms with Crippen LogP contribution in [-0.2, 0) is 16.0 Å². The molecule has 1 aromatic carbocycles. The number of benzene rings is 1. The number of nitrogens with one attached hydrogen (secondary N) is 2. The smallest absolute Gasteiger partial charge is 0.409 e. The number of hydrogen-bond acceptors (Lipinski definition) is 4. The summed E-state index contributed by atoms with van der Waals surface area (Å²) >= 11 is 0. The van der Waals surface area contributed by atoms with E-state index < -0.39 is 11.6 Å². The lowest BCUT2D eigenvalue weighted by Gasteiger charge is -2.32. The molecule has 180 valence electrons. The highest BCUT2D eigenvalue weighted by Crippen LogP contribution is 2.12. The second kappa shape index (κ2) is 14.1. The van der Waals surface area contributed by atoms with E-state index in [0.717, 1.165) is 12.1 Å². The molecular weight excluding hydrogens is 535 g/mol. The molecule has 0 radical (unpaired) electrons. The number of aliphatic imine (C=N–C) groups is 1. The minimum atomic E-state index is -0.492. The van der Waals surface area contributed by atoms with Gasteiger partial charge in [0.15, 0.2) is 5.96 Å². The molecule has 1 aliphatic rings. The van der Waals surface area contributed by atoms with Crippen LogP contribution in [0.4, 0.5) is 13.6 Å². The zero-order valence-corrected chi connectivity index (χ0v) is 21.0. The molecule has 0 aliphatic carbocycles. The molecule has 11 heteroatoms. The van der Waals surface area contributed by atoms with Crippen molar-refractivity contribution in [1.82, 2.24) is 20.4 Å². The van der Waals surface area contributed by atoms with Crippen molar-refractivity contribution < 1.29 is 23.1 Å². The fraction of sp³-hybridized carbons (Fsp3) is 0.571. The average Bonchev–Trinajstić information content (AvgIpc) is 2.74. The van der Waals surface area contributed by atoms with Gasteiger partial charge in [-0.05, 0) is 49.9 Å². The minimum Gasteiger partial charge on any atom is -0.450 e. The van der Waals surface area contributed by atoms with Crippen molar-refractivity contribution in [1.29, 1.82) is 0 Å². The predicted molar refractivity (Wildman–Crippen MR) is 129 cm³/mol. The van der Waals surface area contributed by atoms with Gasteiger partial charge in [-0.1, -0.05) is 0 Å². The van der Waals surface area contributed by atoms with Gasteiger partial charge in [0.1, 0.15) is 18.2 Å². The van der Waals surface area contributed by atoms with Crippen LogP contribution in [-0.4, -0.2) is 80.7 Å². The first-order valence-corrected chi connectivity index (χ1v) is 10.4. The van der Waals surface area contributed by atoms with Crippen LogP contribution in [0, 0.1) is 11.6 Å². The molecule has 2 rings (SSSR count). The fourth-order valence-electron chi connectivity index (χ4n) is 3.11. The van der Waals surface area contributed by atoms with Crippen LogP contribution < -0.4 is 10.6 Å². The van der Waals surface area contributed by atoms with Crippen LogP contribution in [0.25, 0.3) is 0 Å². The summed E-state index contributed by atoms with van der Waals surface area (Å²) in [7, 11) is 3.30. The standard InChI is InChI=1S/C21H31F2N5O3.HI/c1-4-31-21(30)28-11-8-17(9-12-28)26-20(25-14-19(29)27(2)3)24-10-7-15-13-16(22)5-6-18(15)23;/h5-6,13,17H,4,7-12,14H2,1-3H3,(H2,24,25,26);1H. The molecule has 32 heavy (non-hydrogen) atoms. The molecule has 0 aromatic heterocycles. The number of nitrogens with zero attached hydrogens (tertiary/aromatic N) is 3. The molecule has 0 saturated carbocycles. The number of hydrogen-bond donors (Lipinski definition) is 2. The number of halogens is 3. The number of rotatable bonds is 7. The monoisotopic (exact) mass is 567 g/mol. The summed E-state index contributed by atoms with van der Waals surface area (Å²) in [6, 6.07) is 3.40. The molecular formula is C21H32F2IN5O3. The highest BCUT2D eigenvalue weighted by Gasteiger charge is 2.24. The van der Waals surface area contributed by atoms with E-state index >= 15 is 0 Å². The molecule has 0 spiro atoms. The first-order valence-electron chi connectivity index (χ1n) is 10.4. The highest BCUT2D eigenvalue weighted by molar-refractivity contribution is 14.0. The fourth-order valence-corrected chi connectivity index (χ4v) is 3.11. The lowest BCUT2D eigenvalue weighted by Crippen LogP contribution is -2.50. The number of carbonyl (C=O) groups excluding carboxylic acids is 2. The Morgan fingerprint density at radius 1 is 1.25 bits per heavy atom. The maximum Gasteiger partial charge on any atom is 0.409 e. The van der Waals surface area contributed by atoms with E-state index in [1.807, 2.05) is 0 Å². The van der Waals surface area contributed by atoms with Gasteiger partial charge in [-0.2, -0.15) is 0 Å². The van der Waals surface area contributed by atoms with E-state index in [1.54, 1.807) is 25.9 Å². The van der Waals surface area contributed by atoms with Gasteiger partial charge in [0.05, 0.1) is 6.61 Å². The third-order valence-corrected chi connectivity index (χ3v) is 4.93. The summed E-state index contributed by atoms with van der Waals surface area (Å²) in [5, 5.41) is 6.36. The lowest BCUT2D eigenvalue weighted by molar-refractivity contribution is -0.127. The molecule has 1 aliphatic heterocycles. The first kappa shape index (κ1) is 27.9. The number of carbonyl (C=O) groups is 2. The van der Waals surface area contributed by atoms with E-state index in [-0.39, 0.29) is 60.5 Å². The third-order valence-electron chi connectivity index (χ3n) is 4.93. The molecule has 8 nitrogen and oxygen atoms in total. The second-order valence-corrected chi connectivity index (χ2v) is 7.47. The molecule has 0 bridgehead atoms. The van der Waals surface area contributed by atoms with Crippen LogP contribution in [0.15, 0.2) is 23.2 Å². The first-order chi connectivity index (χ1) is 14.8. The summed E-state index contributed by atoms with van der Waals surface area (Å²) in [6.45, 7) is 3.47. The Morgan fingerprint density at radius 3 is 2.56 bits per heavy atom. The maximum absolute atomic E-state index is 13.8.